The number of nitrogens with two attached hydrogens (primary N) is 1. The van der Waals surface area contributed by atoms with Crippen LogP contribution in [0.15, 0.2) is 50.7 Å². The van der Waals surface area contributed by atoms with Gasteiger partial charge in [0.2, 0.25) is 0 Å². The monoisotopic (exact) mass is 410 g/mol. The summed E-state index contributed by atoms with van der Waals surface area (Å²) in [5, 5.41) is 1.12. The lowest BCUT2D eigenvalue weighted by molar-refractivity contribution is 0.703. The molecule has 1 atom stereocenters. The fraction of sp³-hybridized carbons (Fsp3) is 0.133. The molecule has 2 heterocycles. The zero-order chi connectivity index (χ0) is 14.1. The Morgan fingerprint density at radius 1 is 1.15 bits per heavy atom. The Hall–Kier alpha value is -0.750. The van der Waals surface area contributed by atoms with E-state index in [4.69, 9.17) is 10.7 Å². The van der Waals surface area contributed by atoms with Crippen LogP contribution < -0.4 is 5.73 Å². The van der Waals surface area contributed by atoms with Crippen LogP contribution >= 0.6 is 43.2 Å². The van der Waals surface area contributed by atoms with Gasteiger partial charge < -0.3 is 5.73 Å². The molecule has 3 aromatic rings. The van der Waals surface area contributed by atoms with Gasteiger partial charge in [-0.25, -0.2) is 4.98 Å². The molecule has 0 saturated carbocycles. The highest BCUT2D eigenvalue weighted by atomic mass is 79.9. The predicted octanol–water partition coefficient (Wildman–Crippen LogP) is 5.06. The lowest BCUT2D eigenvalue weighted by Crippen LogP contribution is -2.15. The Morgan fingerprint density at radius 3 is 2.70 bits per heavy atom. The fourth-order valence-corrected chi connectivity index (χ4v) is 4.31. The summed E-state index contributed by atoms with van der Waals surface area (Å²) < 4.78 is 2.10. The summed E-state index contributed by atoms with van der Waals surface area (Å²) in [6.07, 6.45) is 0.792. The standard InChI is InChI=1S/C15H12Br2N2S/c16-11-7-9-3-1-2-4-13(9)19-15(11)12(18)8-10-5-6-14(17)20-10/h1-7,12H,8,18H2. The SMILES string of the molecule is NC(Cc1ccc(Br)s1)c1nc2ccccc2cc1Br. The average Bonchev–Trinajstić information content (AvgIpc) is 2.83. The third-order valence-electron chi connectivity index (χ3n) is 3.11. The Kier molecular flexibility index (Phi) is 4.21. The first kappa shape index (κ1) is 14.2. The summed E-state index contributed by atoms with van der Waals surface area (Å²) in [5.74, 6) is 0. The van der Waals surface area contributed by atoms with Crippen molar-refractivity contribution in [2.24, 2.45) is 5.73 Å². The molecule has 0 aliphatic rings. The van der Waals surface area contributed by atoms with Gasteiger partial charge in [-0.15, -0.1) is 11.3 Å². The molecule has 0 bridgehead atoms. The number of halogens is 2. The molecular formula is C15H12Br2N2S. The van der Waals surface area contributed by atoms with Crippen molar-refractivity contribution in [1.82, 2.24) is 4.98 Å². The summed E-state index contributed by atoms with van der Waals surface area (Å²) in [5.41, 5.74) is 8.22. The van der Waals surface area contributed by atoms with Gasteiger partial charge in [0, 0.05) is 21.2 Å². The molecule has 3 rings (SSSR count). The molecule has 0 aliphatic carbocycles. The quantitative estimate of drug-likeness (QED) is 0.653. The summed E-state index contributed by atoms with van der Waals surface area (Å²) in [4.78, 5) is 5.95. The van der Waals surface area contributed by atoms with Gasteiger partial charge in [0.05, 0.1) is 21.0 Å². The van der Waals surface area contributed by atoms with Crippen LogP contribution in [0.5, 0.6) is 0 Å². The molecule has 1 aromatic carbocycles. The molecule has 0 saturated heterocycles. The Balaban J connectivity index is 1.94. The van der Waals surface area contributed by atoms with E-state index in [0.29, 0.717) is 0 Å². The first-order chi connectivity index (χ1) is 9.63. The van der Waals surface area contributed by atoms with E-state index in [2.05, 4.69) is 56.1 Å². The molecule has 2 N–H and O–H groups in total. The van der Waals surface area contributed by atoms with Crippen molar-refractivity contribution in [2.45, 2.75) is 12.5 Å². The molecule has 0 radical (unpaired) electrons. The van der Waals surface area contributed by atoms with Gasteiger partial charge >= 0.3 is 0 Å². The van der Waals surface area contributed by atoms with E-state index < -0.39 is 0 Å². The van der Waals surface area contributed by atoms with Crippen LogP contribution in [0.4, 0.5) is 0 Å². The Bertz CT molecular complexity index is 754. The molecule has 1 unspecified atom stereocenters. The minimum atomic E-state index is -0.112. The molecule has 2 aromatic heterocycles. The van der Waals surface area contributed by atoms with Gasteiger partial charge in [0.25, 0.3) is 0 Å². The number of pyridine rings is 1. The van der Waals surface area contributed by atoms with E-state index in [1.54, 1.807) is 11.3 Å². The summed E-state index contributed by atoms with van der Waals surface area (Å²) >= 11 is 8.78. The van der Waals surface area contributed by atoms with E-state index in [1.165, 1.54) is 4.88 Å². The van der Waals surface area contributed by atoms with E-state index in [0.717, 1.165) is 31.3 Å². The topological polar surface area (TPSA) is 38.9 Å². The van der Waals surface area contributed by atoms with Gasteiger partial charge in [-0.1, -0.05) is 18.2 Å². The molecule has 5 heteroatoms. The van der Waals surface area contributed by atoms with Crippen molar-refractivity contribution in [1.29, 1.82) is 0 Å². The second-order valence-corrected chi connectivity index (χ2v) is 7.97. The number of nitrogens with zero attached hydrogens (tertiary/aromatic N) is 1. The zero-order valence-corrected chi connectivity index (χ0v) is 14.5. The molecule has 2 nitrogen and oxygen atoms in total. The van der Waals surface area contributed by atoms with Crippen LogP contribution in [0.2, 0.25) is 0 Å². The second-order valence-electron chi connectivity index (χ2n) is 4.56. The van der Waals surface area contributed by atoms with Crippen molar-refractivity contribution in [3.63, 3.8) is 0 Å². The third-order valence-corrected chi connectivity index (χ3v) is 5.39. The highest BCUT2D eigenvalue weighted by Gasteiger charge is 2.14. The average molecular weight is 412 g/mol. The van der Waals surface area contributed by atoms with Gasteiger partial charge in [-0.05, 0) is 56.1 Å². The molecular weight excluding hydrogens is 400 g/mol. The van der Waals surface area contributed by atoms with Crippen LogP contribution in [0.25, 0.3) is 10.9 Å². The highest BCUT2D eigenvalue weighted by molar-refractivity contribution is 9.11. The van der Waals surface area contributed by atoms with Crippen LogP contribution in [0.3, 0.4) is 0 Å². The largest absolute Gasteiger partial charge is 0.322 e. The van der Waals surface area contributed by atoms with Crippen molar-refractivity contribution < 1.29 is 0 Å². The third kappa shape index (κ3) is 2.96. The second kappa shape index (κ2) is 5.93. The van der Waals surface area contributed by atoms with E-state index >= 15 is 0 Å². The van der Waals surface area contributed by atoms with E-state index in [-0.39, 0.29) is 6.04 Å². The first-order valence-electron chi connectivity index (χ1n) is 6.18. The van der Waals surface area contributed by atoms with Crippen molar-refractivity contribution in [2.75, 3.05) is 0 Å². The number of aromatic nitrogens is 1. The van der Waals surface area contributed by atoms with E-state index in [1.807, 2.05) is 18.2 Å². The van der Waals surface area contributed by atoms with Gasteiger partial charge in [-0.3, -0.25) is 0 Å². The summed E-state index contributed by atoms with van der Waals surface area (Å²) in [6, 6.07) is 14.2. The number of para-hydroxylation sites is 1. The predicted molar refractivity (Wildman–Crippen MR) is 92.1 cm³/mol. The highest BCUT2D eigenvalue weighted by Crippen LogP contribution is 2.29. The van der Waals surface area contributed by atoms with Gasteiger partial charge in [0.1, 0.15) is 0 Å². The number of thiophene rings is 1. The number of rotatable bonds is 3. The number of benzene rings is 1. The van der Waals surface area contributed by atoms with Crippen molar-refractivity contribution in [3.05, 3.63) is 61.3 Å². The maximum Gasteiger partial charge on any atom is 0.0724 e. The normalized spacial score (nSPS) is 12.8. The number of hydrogen-bond donors (Lipinski definition) is 1. The molecule has 20 heavy (non-hydrogen) atoms. The lowest BCUT2D eigenvalue weighted by Gasteiger charge is -2.13. The van der Waals surface area contributed by atoms with Crippen molar-refractivity contribution in [3.8, 4) is 0 Å². The number of fused-ring (bicyclic) bond motifs is 1. The fourth-order valence-electron chi connectivity index (χ4n) is 2.14. The molecule has 0 spiro atoms. The van der Waals surface area contributed by atoms with Crippen molar-refractivity contribution >= 4 is 54.1 Å². The lowest BCUT2D eigenvalue weighted by atomic mass is 10.1. The minimum Gasteiger partial charge on any atom is -0.322 e. The van der Waals surface area contributed by atoms with Crippen LogP contribution in [-0.4, -0.2) is 4.98 Å². The van der Waals surface area contributed by atoms with Gasteiger partial charge in [-0.2, -0.15) is 0 Å². The zero-order valence-electron chi connectivity index (χ0n) is 10.5. The van der Waals surface area contributed by atoms with Crippen LogP contribution in [-0.2, 0) is 6.42 Å². The molecule has 0 aliphatic heterocycles. The smallest absolute Gasteiger partial charge is 0.0724 e. The first-order valence-corrected chi connectivity index (χ1v) is 8.59. The summed E-state index contributed by atoms with van der Waals surface area (Å²) in [7, 11) is 0. The van der Waals surface area contributed by atoms with Crippen LogP contribution in [0.1, 0.15) is 16.6 Å². The molecule has 0 fully saturated rings. The maximum atomic E-state index is 6.33. The minimum absolute atomic E-state index is 0.112. The molecule has 102 valence electrons. The number of hydrogen-bond acceptors (Lipinski definition) is 3. The van der Waals surface area contributed by atoms with Crippen LogP contribution in [0, 0.1) is 0 Å². The van der Waals surface area contributed by atoms with E-state index in [9.17, 15) is 0 Å². The molecule has 0 amide bonds. The maximum absolute atomic E-state index is 6.33. The Morgan fingerprint density at radius 2 is 1.95 bits per heavy atom. The Labute approximate surface area is 138 Å². The van der Waals surface area contributed by atoms with Gasteiger partial charge in [0.15, 0.2) is 0 Å². The summed E-state index contributed by atoms with van der Waals surface area (Å²) in [6.45, 7) is 0.